The lowest BCUT2D eigenvalue weighted by Gasteiger charge is -2.20. The summed E-state index contributed by atoms with van der Waals surface area (Å²) in [7, 11) is -4.08. The van der Waals surface area contributed by atoms with Crippen molar-refractivity contribution in [3.63, 3.8) is 0 Å². The molecular weight excluding hydrogens is 522 g/mol. The van der Waals surface area contributed by atoms with E-state index in [4.69, 9.17) is 21.2 Å². The molecule has 180 valence electrons. The van der Waals surface area contributed by atoms with Crippen LogP contribution in [-0.4, -0.2) is 40.4 Å². The van der Waals surface area contributed by atoms with E-state index in [1.54, 1.807) is 30.6 Å². The standard InChI is InChI=1S/C24H16ClN5O4S2/c1-14-4-7-17(8-5-14)36(32,33)34-20-9-6-15(12-19(20)25)11-18-21(26)30-24(28-22(18)31)35-23(29-30)16-3-2-10-27-13-16/h2-13,26H,1H3/b18-11+,26-21?. The SMILES string of the molecule is Cc1ccc(S(=O)(=O)Oc2ccc(/C=C3\C(=N)N4N=C(c5cccnc5)SC4=NC3=O)cc2Cl)cc1. The van der Waals surface area contributed by atoms with Crippen LogP contribution < -0.4 is 4.18 Å². The van der Waals surface area contributed by atoms with Crippen LogP contribution in [0.25, 0.3) is 6.08 Å². The van der Waals surface area contributed by atoms with Gasteiger partial charge in [-0.05, 0) is 66.7 Å². The Morgan fingerprint density at radius 2 is 1.92 bits per heavy atom. The van der Waals surface area contributed by atoms with Crippen LogP contribution in [0.4, 0.5) is 0 Å². The number of thioether (sulfide) groups is 1. The molecule has 5 rings (SSSR count). The number of aryl methyl sites for hydroxylation is 1. The zero-order valence-electron chi connectivity index (χ0n) is 18.5. The van der Waals surface area contributed by atoms with E-state index < -0.39 is 16.0 Å². The predicted molar refractivity (Wildman–Crippen MR) is 139 cm³/mol. The number of aliphatic imine (C=N–C) groups is 1. The van der Waals surface area contributed by atoms with Crippen LogP contribution in [0.15, 0.2) is 87.6 Å². The maximum atomic E-state index is 12.7. The van der Waals surface area contributed by atoms with Crippen LogP contribution in [0, 0.1) is 12.3 Å². The summed E-state index contributed by atoms with van der Waals surface area (Å²) < 4.78 is 30.4. The van der Waals surface area contributed by atoms with Crippen molar-refractivity contribution in [1.82, 2.24) is 9.99 Å². The van der Waals surface area contributed by atoms with Crippen molar-refractivity contribution in [3.05, 3.63) is 94.3 Å². The zero-order valence-corrected chi connectivity index (χ0v) is 20.9. The molecule has 1 aromatic heterocycles. The lowest BCUT2D eigenvalue weighted by atomic mass is 10.1. The van der Waals surface area contributed by atoms with E-state index in [9.17, 15) is 13.2 Å². The van der Waals surface area contributed by atoms with Crippen LogP contribution in [0.1, 0.15) is 16.7 Å². The molecule has 0 atom stereocenters. The second-order valence-electron chi connectivity index (χ2n) is 7.71. The van der Waals surface area contributed by atoms with E-state index in [-0.39, 0.29) is 32.2 Å². The summed E-state index contributed by atoms with van der Waals surface area (Å²) in [6.07, 6.45) is 4.72. The summed E-state index contributed by atoms with van der Waals surface area (Å²) in [4.78, 5) is 20.8. The first-order chi connectivity index (χ1) is 17.2. The summed E-state index contributed by atoms with van der Waals surface area (Å²) >= 11 is 7.46. The largest absolute Gasteiger partial charge is 0.377 e. The van der Waals surface area contributed by atoms with Crippen molar-refractivity contribution in [2.24, 2.45) is 10.1 Å². The van der Waals surface area contributed by atoms with Gasteiger partial charge in [0.25, 0.3) is 5.91 Å². The molecule has 3 heterocycles. The van der Waals surface area contributed by atoms with E-state index in [1.807, 2.05) is 13.0 Å². The molecule has 0 fully saturated rings. The molecular formula is C24H16ClN5O4S2. The molecule has 2 aliphatic heterocycles. The van der Waals surface area contributed by atoms with Gasteiger partial charge in [-0.1, -0.05) is 35.4 Å². The molecule has 2 aromatic carbocycles. The van der Waals surface area contributed by atoms with Crippen LogP contribution in [0.2, 0.25) is 5.02 Å². The third kappa shape index (κ3) is 4.68. The fourth-order valence-electron chi connectivity index (χ4n) is 3.31. The summed E-state index contributed by atoms with van der Waals surface area (Å²) in [6, 6.07) is 14.2. The predicted octanol–water partition coefficient (Wildman–Crippen LogP) is 4.48. The molecule has 0 bridgehead atoms. The molecule has 36 heavy (non-hydrogen) atoms. The molecule has 0 aliphatic carbocycles. The normalized spacial score (nSPS) is 16.6. The number of amides is 1. The number of amidine groups is 2. The molecule has 1 amide bonds. The number of halogens is 1. The number of fused-ring (bicyclic) bond motifs is 1. The van der Waals surface area contributed by atoms with E-state index in [2.05, 4.69) is 15.1 Å². The minimum absolute atomic E-state index is 0.0000294. The second kappa shape index (κ2) is 9.34. The average Bonchev–Trinajstić information content (AvgIpc) is 3.28. The first-order valence-electron chi connectivity index (χ1n) is 10.4. The van der Waals surface area contributed by atoms with Gasteiger partial charge in [0.1, 0.15) is 9.94 Å². The molecule has 0 spiro atoms. The quantitative estimate of drug-likeness (QED) is 0.375. The highest BCUT2D eigenvalue weighted by molar-refractivity contribution is 8.27. The maximum absolute atomic E-state index is 12.7. The molecule has 0 radical (unpaired) electrons. The van der Waals surface area contributed by atoms with Crippen LogP contribution in [0.5, 0.6) is 5.75 Å². The highest BCUT2D eigenvalue weighted by atomic mass is 35.5. The summed E-state index contributed by atoms with van der Waals surface area (Å²) in [5.74, 6) is -0.805. The van der Waals surface area contributed by atoms with E-state index >= 15 is 0 Å². The summed E-state index contributed by atoms with van der Waals surface area (Å²) in [5, 5.41) is 15.1. The Balaban J connectivity index is 1.39. The van der Waals surface area contributed by atoms with Gasteiger partial charge >= 0.3 is 10.1 Å². The fraction of sp³-hybridized carbons (Fsp3) is 0.0417. The van der Waals surface area contributed by atoms with Crippen molar-refractivity contribution < 1.29 is 17.4 Å². The number of pyridine rings is 1. The highest BCUT2D eigenvalue weighted by Crippen LogP contribution is 2.32. The Morgan fingerprint density at radius 3 is 2.61 bits per heavy atom. The molecule has 0 saturated carbocycles. The average molecular weight is 538 g/mol. The van der Waals surface area contributed by atoms with Crippen molar-refractivity contribution in [1.29, 1.82) is 5.41 Å². The number of carbonyl (C=O) groups excluding carboxylic acids is 1. The number of rotatable bonds is 5. The van der Waals surface area contributed by atoms with Crippen LogP contribution in [-0.2, 0) is 14.9 Å². The number of nitrogens with one attached hydrogen (secondary N) is 1. The Bertz CT molecular complexity index is 1600. The van der Waals surface area contributed by atoms with Gasteiger partial charge in [0.15, 0.2) is 11.6 Å². The highest BCUT2D eigenvalue weighted by Gasteiger charge is 2.36. The molecule has 2 aliphatic rings. The first-order valence-corrected chi connectivity index (χ1v) is 13.0. The number of hydrogen-bond acceptors (Lipinski definition) is 8. The summed E-state index contributed by atoms with van der Waals surface area (Å²) in [5.41, 5.74) is 2.12. The number of hydrogen-bond donors (Lipinski definition) is 1. The van der Waals surface area contributed by atoms with Crippen molar-refractivity contribution in [2.75, 3.05) is 0 Å². The lowest BCUT2D eigenvalue weighted by molar-refractivity contribution is -0.114. The Morgan fingerprint density at radius 1 is 1.14 bits per heavy atom. The number of nitrogens with zero attached hydrogens (tertiary/aromatic N) is 4. The third-order valence-electron chi connectivity index (χ3n) is 5.14. The number of aromatic nitrogens is 1. The van der Waals surface area contributed by atoms with Gasteiger partial charge in [-0.2, -0.15) is 23.5 Å². The monoisotopic (exact) mass is 537 g/mol. The van der Waals surface area contributed by atoms with E-state index in [0.29, 0.717) is 10.6 Å². The Labute approximate surface area is 215 Å². The van der Waals surface area contributed by atoms with Gasteiger partial charge in [0.2, 0.25) is 5.17 Å². The molecule has 1 N–H and O–H groups in total. The molecule has 9 nitrogen and oxygen atoms in total. The van der Waals surface area contributed by atoms with Gasteiger partial charge in [0, 0.05) is 18.0 Å². The van der Waals surface area contributed by atoms with Crippen LogP contribution >= 0.6 is 23.4 Å². The van der Waals surface area contributed by atoms with Crippen molar-refractivity contribution in [2.45, 2.75) is 11.8 Å². The van der Waals surface area contributed by atoms with Crippen molar-refractivity contribution >= 4 is 61.5 Å². The van der Waals surface area contributed by atoms with Crippen molar-refractivity contribution in [3.8, 4) is 5.75 Å². The van der Waals surface area contributed by atoms with E-state index in [0.717, 1.165) is 11.1 Å². The smallest absolute Gasteiger partial charge is 0.339 e. The minimum atomic E-state index is -4.08. The number of carbonyl (C=O) groups is 1. The third-order valence-corrected chi connectivity index (χ3v) is 7.64. The van der Waals surface area contributed by atoms with Gasteiger partial charge in [-0.25, -0.2) is 0 Å². The number of hydrazone groups is 1. The molecule has 0 unspecified atom stereocenters. The molecule has 0 saturated heterocycles. The van der Waals surface area contributed by atoms with Gasteiger partial charge < -0.3 is 4.18 Å². The minimum Gasteiger partial charge on any atom is -0.377 e. The number of benzene rings is 2. The van der Waals surface area contributed by atoms with Gasteiger partial charge in [-0.15, -0.1) is 0 Å². The summed E-state index contributed by atoms with van der Waals surface area (Å²) in [6.45, 7) is 1.85. The topological polar surface area (TPSA) is 125 Å². The van der Waals surface area contributed by atoms with Gasteiger partial charge in [0.05, 0.1) is 10.6 Å². The lowest BCUT2D eigenvalue weighted by Crippen LogP contribution is -2.35. The maximum Gasteiger partial charge on any atom is 0.339 e. The first kappa shape index (κ1) is 23.9. The zero-order chi connectivity index (χ0) is 25.4. The molecule has 12 heteroatoms. The molecule has 3 aromatic rings. The van der Waals surface area contributed by atoms with Crippen LogP contribution in [0.3, 0.4) is 0 Å². The second-order valence-corrected chi connectivity index (χ2v) is 10.6. The Hall–Kier alpha value is -3.80. The van der Waals surface area contributed by atoms with E-state index in [1.165, 1.54) is 53.2 Å². The van der Waals surface area contributed by atoms with Gasteiger partial charge in [-0.3, -0.25) is 15.2 Å². The Kier molecular flexibility index (Phi) is 6.20. The fourth-order valence-corrected chi connectivity index (χ4v) is 5.41.